The molecule has 2 heterocycles. The van der Waals surface area contributed by atoms with Crippen LogP contribution in [0.1, 0.15) is 19.8 Å². The van der Waals surface area contributed by atoms with Crippen LogP contribution in [0.4, 0.5) is 5.82 Å². The largest absolute Gasteiger partial charge is 0.353 e. The molecule has 13 heavy (non-hydrogen) atoms. The second kappa shape index (κ2) is 4.42. The highest BCUT2D eigenvalue weighted by Gasteiger charge is 2.20. The number of hydrogen-bond donors (Lipinski definition) is 0. The standard InChI is InChI=1S/C9H13N3.ClH/c1-8-3-2-6-12(8)9-7-10-4-5-11-9;/h4-5,7-8H,2-3,6H2,1H3;1H. The third kappa shape index (κ3) is 2.10. The first-order chi connectivity index (χ1) is 5.88. The summed E-state index contributed by atoms with van der Waals surface area (Å²) in [7, 11) is 0. The van der Waals surface area contributed by atoms with Gasteiger partial charge >= 0.3 is 0 Å². The Hall–Kier alpha value is -0.830. The molecule has 0 radical (unpaired) electrons. The van der Waals surface area contributed by atoms with Crippen molar-refractivity contribution in [2.24, 2.45) is 0 Å². The minimum atomic E-state index is 0. The van der Waals surface area contributed by atoms with Gasteiger partial charge < -0.3 is 4.90 Å². The fraction of sp³-hybridized carbons (Fsp3) is 0.556. The van der Waals surface area contributed by atoms with Crippen molar-refractivity contribution < 1.29 is 0 Å². The van der Waals surface area contributed by atoms with Crippen LogP contribution in [-0.4, -0.2) is 22.6 Å². The van der Waals surface area contributed by atoms with Crippen LogP contribution < -0.4 is 4.90 Å². The van der Waals surface area contributed by atoms with Crippen LogP contribution in [-0.2, 0) is 0 Å². The molecule has 1 aromatic heterocycles. The Morgan fingerprint density at radius 3 is 2.85 bits per heavy atom. The van der Waals surface area contributed by atoms with Crippen LogP contribution in [0.15, 0.2) is 18.6 Å². The lowest BCUT2D eigenvalue weighted by atomic mass is 10.2. The number of rotatable bonds is 1. The minimum absolute atomic E-state index is 0. The Morgan fingerprint density at radius 2 is 2.31 bits per heavy atom. The van der Waals surface area contributed by atoms with Crippen LogP contribution >= 0.6 is 12.4 Å². The summed E-state index contributed by atoms with van der Waals surface area (Å²) in [6.45, 7) is 3.36. The van der Waals surface area contributed by atoms with Crippen molar-refractivity contribution in [3.8, 4) is 0 Å². The Balaban J connectivity index is 0.000000845. The number of nitrogens with zero attached hydrogens (tertiary/aromatic N) is 3. The molecule has 1 aliphatic rings. The lowest BCUT2D eigenvalue weighted by molar-refractivity contribution is 0.725. The van der Waals surface area contributed by atoms with Crippen LogP contribution in [0, 0.1) is 0 Å². The van der Waals surface area contributed by atoms with Crippen molar-refractivity contribution >= 4 is 18.2 Å². The van der Waals surface area contributed by atoms with Crippen molar-refractivity contribution in [3.05, 3.63) is 18.6 Å². The molecule has 0 bridgehead atoms. The van der Waals surface area contributed by atoms with Crippen molar-refractivity contribution in [3.63, 3.8) is 0 Å². The van der Waals surface area contributed by atoms with E-state index in [9.17, 15) is 0 Å². The van der Waals surface area contributed by atoms with Gasteiger partial charge in [0.1, 0.15) is 5.82 Å². The first-order valence-corrected chi connectivity index (χ1v) is 4.40. The fourth-order valence-corrected chi connectivity index (χ4v) is 1.71. The van der Waals surface area contributed by atoms with Gasteiger partial charge in [0.05, 0.1) is 6.20 Å². The van der Waals surface area contributed by atoms with Gasteiger partial charge in [0.2, 0.25) is 0 Å². The smallest absolute Gasteiger partial charge is 0.147 e. The first kappa shape index (κ1) is 10.3. The van der Waals surface area contributed by atoms with Crippen LogP contribution in [0.3, 0.4) is 0 Å². The summed E-state index contributed by atoms with van der Waals surface area (Å²) in [6, 6.07) is 0.627. The predicted molar refractivity (Wildman–Crippen MR) is 55.3 cm³/mol. The van der Waals surface area contributed by atoms with Crippen molar-refractivity contribution in [2.45, 2.75) is 25.8 Å². The zero-order valence-electron chi connectivity index (χ0n) is 7.68. The molecule has 2 rings (SSSR count). The molecule has 0 saturated carbocycles. The average Bonchev–Trinajstić information content (AvgIpc) is 2.53. The van der Waals surface area contributed by atoms with Gasteiger partial charge in [-0.3, -0.25) is 4.98 Å². The molecule has 1 unspecified atom stereocenters. The molecular formula is C9H14ClN3. The maximum atomic E-state index is 4.27. The Bertz CT molecular complexity index is 252. The van der Waals surface area contributed by atoms with Gasteiger partial charge in [0.15, 0.2) is 0 Å². The van der Waals surface area contributed by atoms with Crippen molar-refractivity contribution in [1.82, 2.24) is 9.97 Å². The number of aromatic nitrogens is 2. The molecular weight excluding hydrogens is 186 g/mol. The third-order valence-corrected chi connectivity index (χ3v) is 2.40. The summed E-state index contributed by atoms with van der Waals surface area (Å²) in [5.74, 6) is 1.02. The molecule has 3 nitrogen and oxygen atoms in total. The highest BCUT2D eigenvalue weighted by Crippen LogP contribution is 2.21. The molecule has 1 aromatic rings. The Morgan fingerprint density at radius 1 is 1.46 bits per heavy atom. The van der Waals surface area contributed by atoms with E-state index in [1.165, 1.54) is 12.8 Å². The summed E-state index contributed by atoms with van der Waals surface area (Å²) < 4.78 is 0. The number of anilines is 1. The number of halogens is 1. The molecule has 0 aliphatic carbocycles. The monoisotopic (exact) mass is 199 g/mol. The maximum Gasteiger partial charge on any atom is 0.147 e. The van der Waals surface area contributed by atoms with E-state index < -0.39 is 0 Å². The van der Waals surface area contributed by atoms with Gasteiger partial charge in [-0.25, -0.2) is 4.98 Å². The number of hydrogen-bond acceptors (Lipinski definition) is 3. The molecule has 1 atom stereocenters. The topological polar surface area (TPSA) is 29.0 Å². The summed E-state index contributed by atoms with van der Waals surface area (Å²) in [6.07, 6.45) is 7.85. The lowest BCUT2D eigenvalue weighted by Gasteiger charge is -2.21. The molecule has 0 aromatic carbocycles. The summed E-state index contributed by atoms with van der Waals surface area (Å²) >= 11 is 0. The van der Waals surface area contributed by atoms with E-state index in [1.807, 2.05) is 6.20 Å². The van der Waals surface area contributed by atoms with E-state index in [0.717, 1.165) is 12.4 Å². The van der Waals surface area contributed by atoms with Crippen molar-refractivity contribution in [2.75, 3.05) is 11.4 Å². The van der Waals surface area contributed by atoms with E-state index >= 15 is 0 Å². The summed E-state index contributed by atoms with van der Waals surface area (Å²) in [5, 5.41) is 0. The van der Waals surface area contributed by atoms with Gasteiger partial charge in [-0.2, -0.15) is 0 Å². The van der Waals surface area contributed by atoms with Gasteiger partial charge in [0.25, 0.3) is 0 Å². The molecule has 1 saturated heterocycles. The van der Waals surface area contributed by atoms with E-state index in [4.69, 9.17) is 0 Å². The summed E-state index contributed by atoms with van der Waals surface area (Å²) in [5.41, 5.74) is 0. The predicted octanol–water partition coefficient (Wildman–Crippen LogP) is 1.89. The van der Waals surface area contributed by atoms with Gasteiger partial charge in [-0.1, -0.05) is 0 Å². The van der Waals surface area contributed by atoms with E-state index in [1.54, 1.807) is 12.4 Å². The van der Waals surface area contributed by atoms with Crippen molar-refractivity contribution in [1.29, 1.82) is 0 Å². The van der Waals surface area contributed by atoms with E-state index in [2.05, 4.69) is 21.8 Å². The van der Waals surface area contributed by atoms with Gasteiger partial charge in [0, 0.05) is 25.0 Å². The van der Waals surface area contributed by atoms with Gasteiger partial charge in [-0.15, -0.1) is 12.4 Å². The SMILES string of the molecule is CC1CCCN1c1cnccn1.Cl. The highest BCUT2D eigenvalue weighted by atomic mass is 35.5. The molecule has 0 spiro atoms. The Labute approximate surface area is 84.6 Å². The fourth-order valence-electron chi connectivity index (χ4n) is 1.71. The molecule has 0 amide bonds. The lowest BCUT2D eigenvalue weighted by Crippen LogP contribution is -2.27. The second-order valence-electron chi connectivity index (χ2n) is 3.25. The normalized spacial score (nSPS) is 21.3. The van der Waals surface area contributed by atoms with Crippen LogP contribution in [0.25, 0.3) is 0 Å². The molecule has 0 N–H and O–H groups in total. The van der Waals surface area contributed by atoms with Gasteiger partial charge in [-0.05, 0) is 19.8 Å². The molecule has 72 valence electrons. The van der Waals surface area contributed by atoms with E-state index in [-0.39, 0.29) is 12.4 Å². The zero-order valence-corrected chi connectivity index (χ0v) is 8.50. The molecule has 1 fully saturated rings. The second-order valence-corrected chi connectivity index (χ2v) is 3.25. The Kier molecular flexibility index (Phi) is 3.48. The molecule has 1 aliphatic heterocycles. The van der Waals surface area contributed by atoms with E-state index in [0.29, 0.717) is 6.04 Å². The maximum absolute atomic E-state index is 4.27. The first-order valence-electron chi connectivity index (χ1n) is 4.40. The zero-order chi connectivity index (χ0) is 8.39. The third-order valence-electron chi connectivity index (χ3n) is 2.40. The van der Waals surface area contributed by atoms with Crippen LogP contribution in [0.5, 0.6) is 0 Å². The average molecular weight is 200 g/mol. The summed E-state index contributed by atoms with van der Waals surface area (Å²) in [4.78, 5) is 10.6. The quantitative estimate of drug-likeness (QED) is 0.692. The minimum Gasteiger partial charge on any atom is -0.353 e. The van der Waals surface area contributed by atoms with Crippen LogP contribution in [0.2, 0.25) is 0 Å². The highest BCUT2D eigenvalue weighted by molar-refractivity contribution is 5.85. The molecule has 4 heteroatoms.